The zero-order chi connectivity index (χ0) is 16.5. The minimum Gasteiger partial charge on any atom is -0.339 e. The van der Waals surface area contributed by atoms with Crippen molar-refractivity contribution in [2.75, 3.05) is 13.1 Å². The molecule has 7 heteroatoms. The molecule has 24 heavy (non-hydrogen) atoms. The Morgan fingerprint density at radius 2 is 2.21 bits per heavy atom. The second kappa shape index (κ2) is 6.16. The van der Waals surface area contributed by atoms with Crippen LogP contribution in [0, 0.1) is 6.92 Å². The van der Waals surface area contributed by atoms with Crippen LogP contribution in [0.5, 0.6) is 0 Å². The number of H-pyrrole nitrogens is 1. The Morgan fingerprint density at radius 3 is 3.04 bits per heavy atom. The molecule has 0 aliphatic carbocycles. The number of benzene rings is 1. The third kappa shape index (κ3) is 2.94. The van der Waals surface area contributed by atoms with Gasteiger partial charge in [-0.2, -0.15) is 4.98 Å². The topological polar surface area (TPSA) is 87.9 Å². The second-order valence-electron chi connectivity index (χ2n) is 6.28. The highest BCUT2D eigenvalue weighted by molar-refractivity contribution is 5.77. The number of rotatable bonds is 3. The molecule has 1 saturated heterocycles. The van der Waals surface area contributed by atoms with Gasteiger partial charge in [0, 0.05) is 6.54 Å². The molecule has 0 amide bonds. The minimum absolute atomic E-state index is 0.0864. The molecule has 1 atom stereocenters. The van der Waals surface area contributed by atoms with E-state index in [1.54, 1.807) is 6.07 Å². The van der Waals surface area contributed by atoms with E-state index in [9.17, 15) is 4.79 Å². The summed E-state index contributed by atoms with van der Waals surface area (Å²) >= 11 is 0. The van der Waals surface area contributed by atoms with Crippen LogP contribution in [0.15, 0.2) is 33.6 Å². The first-order valence-corrected chi connectivity index (χ1v) is 8.19. The van der Waals surface area contributed by atoms with Gasteiger partial charge in [0.2, 0.25) is 5.89 Å². The molecule has 1 N–H and O–H groups in total. The Kier molecular flexibility index (Phi) is 3.86. The largest absolute Gasteiger partial charge is 0.339 e. The summed E-state index contributed by atoms with van der Waals surface area (Å²) in [7, 11) is 0. The van der Waals surface area contributed by atoms with E-state index in [-0.39, 0.29) is 11.5 Å². The maximum atomic E-state index is 12.2. The first kappa shape index (κ1) is 15.0. The number of fused-ring (bicyclic) bond motifs is 1. The number of para-hydroxylation sites is 1. The maximum absolute atomic E-state index is 12.2. The maximum Gasteiger partial charge on any atom is 0.258 e. The molecule has 0 spiro atoms. The van der Waals surface area contributed by atoms with Crippen molar-refractivity contribution >= 4 is 10.9 Å². The molecule has 0 radical (unpaired) electrons. The van der Waals surface area contributed by atoms with Crippen LogP contribution < -0.4 is 5.56 Å². The number of hydrogen-bond donors (Lipinski definition) is 1. The van der Waals surface area contributed by atoms with Crippen LogP contribution in [0.1, 0.15) is 36.3 Å². The summed E-state index contributed by atoms with van der Waals surface area (Å²) in [6, 6.07) is 7.40. The molecule has 0 unspecified atom stereocenters. The number of nitrogens with zero attached hydrogens (tertiary/aromatic N) is 4. The normalized spacial score (nSPS) is 19.0. The molecule has 1 fully saturated rings. The number of aromatic amines is 1. The van der Waals surface area contributed by atoms with Gasteiger partial charge in [-0.05, 0) is 38.4 Å². The van der Waals surface area contributed by atoms with Gasteiger partial charge in [-0.15, -0.1) is 0 Å². The molecule has 0 saturated carbocycles. The van der Waals surface area contributed by atoms with E-state index in [1.165, 1.54) is 0 Å². The van der Waals surface area contributed by atoms with Crippen LogP contribution in [0.4, 0.5) is 0 Å². The van der Waals surface area contributed by atoms with E-state index in [0.29, 0.717) is 29.5 Å². The Labute approximate surface area is 138 Å². The fourth-order valence-corrected chi connectivity index (χ4v) is 3.30. The van der Waals surface area contributed by atoms with Gasteiger partial charge in [0.1, 0.15) is 5.82 Å². The highest BCUT2D eigenvalue weighted by Crippen LogP contribution is 2.26. The monoisotopic (exact) mass is 325 g/mol. The van der Waals surface area contributed by atoms with Gasteiger partial charge in [-0.3, -0.25) is 9.69 Å². The molecule has 124 valence electrons. The summed E-state index contributed by atoms with van der Waals surface area (Å²) in [6.07, 6.45) is 2.10. The average molecular weight is 325 g/mol. The van der Waals surface area contributed by atoms with E-state index in [2.05, 4.69) is 25.0 Å². The predicted octanol–water partition coefficient (Wildman–Crippen LogP) is 1.99. The van der Waals surface area contributed by atoms with Crippen LogP contribution in [0.25, 0.3) is 10.9 Å². The SMILES string of the molecule is Cc1noc([C@H]2CCCN(Cc3nc4ccccc4c(=O)[nH]3)C2)n1. The van der Waals surface area contributed by atoms with Crippen molar-refractivity contribution in [2.24, 2.45) is 0 Å². The Hall–Kier alpha value is -2.54. The molecular weight excluding hydrogens is 306 g/mol. The van der Waals surface area contributed by atoms with Crippen molar-refractivity contribution in [3.05, 3.63) is 52.2 Å². The summed E-state index contributed by atoms with van der Waals surface area (Å²) < 4.78 is 5.32. The quantitative estimate of drug-likeness (QED) is 0.792. The number of aromatic nitrogens is 4. The first-order valence-electron chi connectivity index (χ1n) is 8.19. The summed E-state index contributed by atoms with van der Waals surface area (Å²) in [4.78, 5) is 26.3. The first-order chi connectivity index (χ1) is 11.7. The summed E-state index contributed by atoms with van der Waals surface area (Å²) in [5, 5.41) is 4.51. The minimum atomic E-state index is -0.0864. The zero-order valence-corrected chi connectivity index (χ0v) is 13.5. The zero-order valence-electron chi connectivity index (χ0n) is 13.5. The molecule has 3 heterocycles. The standard InChI is InChI=1S/C17H19N5O2/c1-11-18-17(24-21-11)12-5-4-8-22(9-12)10-15-19-14-7-3-2-6-13(14)16(23)20-15/h2-3,6-7,12H,4-5,8-10H2,1H3,(H,19,20,23)/t12-/m0/s1. The lowest BCUT2D eigenvalue weighted by Gasteiger charge is -2.30. The third-order valence-electron chi connectivity index (χ3n) is 4.43. The van der Waals surface area contributed by atoms with Crippen molar-refractivity contribution in [3.63, 3.8) is 0 Å². The fraction of sp³-hybridized carbons (Fsp3) is 0.412. The number of hydrogen-bond acceptors (Lipinski definition) is 6. The lowest BCUT2D eigenvalue weighted by Crippen LogP contribution is -2.35. The van der Waals surface area contributed by atoms with E-state index < -0.39 is 0 Å². The molecule has 1 aliphatic heterocycles. The van der Waals surface area contributed by atoms with Crippen molar-refractivity contribution in [1.82, 2.24) is 25.0 Å². The van der Waals surface area contributed by atoms with Crippen molar-refractivity contribution in [3.8, 4) is 0 Å². The Morgan fingerprint density at radius 1 is 1.33 bits per heavy atom. The van der Waals surface area contributed by atoms with Crippen molar-refractivity contribution in [2.45, 2.75) is 32.2 Å². The molecule has 4 rings (SSSR count). The van der Waals surface area contributed by atoms with Crippen LogP contribution in [-0.4, -0.2) is 38.1 Å². The Bertz CT molecular complexity index is 916. The molecule has 1 aromatic carbocycles. The van der Waals surface area contributed by atoms with E-state index in [0.717, 1.165) is 31.4 Å². The molecule has 0 bridgehead atoms. The highest BCUT2D eigenvalue weighted by atomic mass is 16.5. The lowest BCUT2D eigenvalue weighted by molar-refractivity contribution is 0.176. The second-order valence-corrected chi connectivity index (χ2v) is 6.28. The molecular formula is C17H19N5O2. The van der Waals surface area contributed by atoms with Gasteiger partial charge >= 0.3 is 0 Å². The van der Waals surface area contributed by atoms with Gasteiger partial charge in [-0.1, -0.05) is 17.3 Å². The van der Waals surface area contributed by atoms with Gasteiger partial charge < -0.3 is 9.51 Å². The Balaban J connectivity index is 1.53. The number of piperidine rings is 1. The van der Waals surface area contributed by atoms with Crippen LogP contribution >= 0.6 is 0 Å². The van der Waals surface area contributed by atoms with E-state index in [4.69, 9.17) is 4.52 Å². The van der Waals surface area contributed by atoms with Gasteiger partial charge in [0.05, 0.1) is 23.4 Å². The van der Waals surface area contributed by atoms with Crippen LogP contribution in [-0.2, 0) is 6.54 Å². The van der Waals surface area contributed by atoms with Gasteiger partial charge in [0.15, 0.2) is 5.82 Å². The van der Waals surface area contributed by atoms with Gasteiger partial charge in [-0.25, -0.2) is 4.98 Å². The molecule has 7 nitrogen and oxygen atoms in total. The smallest absolute Gasteiger partial charge is 0.258 e. The average Bonchev–Trinajstić information content (AvgIpc) is 3.02. The van der Waals surface area contributed by atoms with Crippen molar-refractivity contribution < 1.29 is 4.52 Å². The third-order valence-corrected chi connectivity index (χ3v) is 4.43. The van der Waals surface area contributed by atoms with Crippen LogP contribution in [0.3, 0.4) is 0 Å². The summed E-state index contributed by atoms with van der Waals surface area (Å²) in [5.41, 5.74) is 0.647. The lowest BCUT2D eigenvalue weighted by atomic mass is 9.98. The molecule has 2 aromatic heterocycles. The summed E-state index contributed by atoms with van der Waals surface area (Å²) in [5.74, 6) is 2.31. The number of nitrogens with one attached hydrogen (secondary N) is 1. The number of aryl methyl sites for hydroxylation is 1. The molecule has 3 aromatic rings. The fourth-order valence-electron chi connectivity index (χ4n) is 3.30. The van der Waals surface area contributed by atoms with E-state index >= 15 is 0 Å². The molecule has 1 aliphatic rings. The van der Waals surface area contributed by atoms with E-state index in [1.807, 2.05) is 25.1 Å². The predicted molar refractivity (Wildman–Crippen MR) is 88.7 cm³/mol. The highest BCUT2D eigenvalue weighted by Gasteiger charge is 2.26. The van der Waals surface area contributed by atoms with Crippen molar-refractivity contribution in [1.29, 1.82) is 0 Å². The van der Waals surface area contributed by atoms with Crippen LogP contribution in [0.2, 0.25) is 0 Å². The number of likely N-dealkylation sites (tertiary alicyclic amines) is 1. The van der Waals surface area contributed by atoms with Gasteiger partial charge in [0.25, 0.3) is 5.56 Å². The summed E-state index contributed by atoms with van der Waals surface area (Å²) in [6.45, 7) is 4.25.